The molecule has 1 aromatic carbocycles. The largest absolute Gasteiger partial charge is 0.477 e. The number of β-lactam (4-membered cyclic amide) rings is 1. The summed E-state index contributed by atoms with van der Waals surface area (Å²) in [5.74, 6) is -2.72. The van der Waals surface area contributed by atoms with Gasteiger partial charge in [0.15, 0.2) is 5.54 Å². The molecule has 160 valence electrons. The summed E-state index contributed by atoms with van der Waals surface area (Å²) in [4.78, 5) is 38.7. The minimum Gasteiger partial charge on any atom is -0.477 e. The molecule has 2 unspecified atom stereocenters. The maximum absolute atomic E-state index is 13.1. The third kappa shape index (κ3) is 3.50. The van der Waals surface area contributed by atoms with Crippen molar-refractivity contribution in [2.45, 2.75) is 24.3 Å². The van der Waals surface area contributed by atoms with Crippen molar-refractivity contribution in [3.63, 3.8) is 0 Å². The van der Waals surface area contributed by atoms with Gasteiger partial charge < -0.3 is 10.4 Å². The number of carbonyl (C=O) groups is 3. The van der Waals surface area contributed by atoms with Crippen LogP contribution in [-0.2, 0) is 31.6 Å². The molecule has 0 saturated carbocycles. The smallest absolute Gasteiger partial charge is 0.353 e. The molecule has 0 spiro atoms. The molecule has 1 aromatic heterocycles. The van der Waals surface area contributed by atoms with Crippen molar-refractivity contribution in [1.29, 1.82) is 0 Å². The minimum absolute atomic E-state index is 0.00463. The van der Waals surface area contributed by atoms with E-state index in [4.69, 9.17) is 12.2 Å². The Balaban J connectivity index is 1.68. The molecule has 1 saturated heterocycles. The molecule has 0 radical (unpaired) electrons. The monoisotopic (exact) mass is 476 g/mol. The fourth-order valence-corrected chi connectivity index (χ4v) is 6.65. The van der Waals surface area contributed by atoms with Gasteiger partial charge in [-0.2, -0.15) is 0 Å². The Bertz CT molecular complexity index is 1160. The number of benzene rings is 1. The topological polar surface area (TPSA) is 130 Å². The lowest BCUT2D eigenvalue weighted by Gasteiger charge is -2.55. The van der Waals surface area contributed by atoms with Crippen molar-refractivity contribution in [3.8, 4) is 0 Å². The molecule has 1 fully saturated rings. The number of nitrogens with one attached hydrogen (secondary N) is 1. The van der Waals surface area contributed by atoms with Gasteiger partial charge in [-0.15, -0.1) is 10.2 Å². The summed E-state index contributed by atoms with van der Waals surface area (Å²) in [5.41, 5.74) is -1.12. The lowest BCUT2D eigenvalue weighted by molar-refractivity contribution is -0.153. The molecule has 2 amide bonds. The highest BCUT2D eigenvalue weighted by molar-refractivity contribution is 7.86. The van der Waals surface area contributed by atoms with Crippen molar-refractivity contribution in [1.82, 2.24) is 20.4 Å². The predicted octanol–water partition coefficient (Wildman–Crippen LogP) is 0.670. The Hall–Kier alpha value is -2.83. The second-order valence-corrected chi connectivity index (χ2v) is 9.92. The maximum Gasteiger partial charge on any atom is 0.353 e. The second kappa shape index (κ2) is 8.02. The summed E-state index contributed by atoms with van der Waals surface area (Å²) in [6.07, 6.45) is -0.00463. The number of aryl methyl sites for hydroxylation is 1. The molecule has 4 rings (SSSR count). The molecular weight excluding hydrogens is 460 g/mol. The van der Waals surface area contributed by atoms with Crippen LogP contribution in [0.3, 0.4) is 0 Å². The molecule has 3 heterocycles. The molecule has 2 aliphatic rings. The Morgan fingerprint density at radius 3 is 2.68 bits per heavy atom. The van der Waals surface area contributed by atoms with Gasteiger partial charge in [-0.25, -0.2) is 4.79 Å². The second-order valence-electron chi connectivity index (χ2n) is 7.01. The lowest BCUT2D eigenvalue weighted by Crippen LogP contribution is -2.83. The van der Waals surface area contributed by atoms with Gasteiger partial charge in [-0.1, -0.05) is 53.9 Å². The number of carbonyl (C=O) groups excluding carboxylic acids is 2. The number of thiocarbonyl (C=S) groups is 1. The molecule has 2 N–H and O–H groups in total. The van der Waals surface area contributed by atoms with Gasteiger partial charge in [0, 0.05) is 10.9 Å². The number of nitrogens with zero attached hydrogens (tertiary/aromatic N) is 3. The first-order chi connectivity index (χ1) is 14.8. The number of amides is 2. The third-order valence-electron chi connectivity index (χ3n) is 4.99. The number of carboxylic acids is 1. The first-order valence-corrected chi connectivity index (χ1v) is 11.7. The van der Waals surface area contributed by atoms with Gasteiger partial charge in [-0.05, 0) is 12.5 Å². The van der Waals surface area contributed by atoms with Crippen molar-refractivity contribution in [2.24, 2.45) is 0 Å². The van der Waals surface area contributed by atoms with Crippen LogP contribution in [0.15, 0.2) is 36.0 Å². The highest BCUT2D eigenvalue weighted by atomic mass is 32.2. The predicted molar refractivity (Wildman–Crippen MR) is 118 cm³/mol. The van der Waals surface area contributed by atoms with E-state index in [1.54, 1.807) is 31.2 Å². The van der Waals surface area contributed by atoms with E-state index in [1.165, 1.54) is 0 Å². The SMILES string of the molecule is Cc1nnc(C2=C(C(=O)O)N3C(=O)C(C=S)(NC(=O)Cc4ccccc4)[C@@H]3S(=O)C2)s1. The van der Waals surface area contributed by atoms with E-state index < -0.39 is 39.5 Å². The Morgan fingerprint density at radius 2 is 2.10 bits per heavy atom. The Morgan fingerprint density at radius 1 is 1.39 bits per heavy atom. The molecule has 2 aromatic rings. The van der Waals surface area contributed by atoms with Crippen LogP contribution < -0.4 is 5.32 Å². The van der Waals surface area contributed by atoms with Crippen LogP contribution in [0.5, 0.6) is 0 Å². The summed E-state index contributed by atoms with van der Waals surface area (Å²) >= 11 is 6.19. The molecule has 0 aliphatic carbocycles. The normalized spacial score (nSPS) is 24.9. The van der Waals surface area contributed by atoms with E-state index in [0.29, 0.717) is 10.0 Å². The first-order valence-electron chi connectivity index (χ1n) is 9.07. The van der Waals surface area contributed by atoms with Crippen molar-refractivity contribution in [3.05, 3.63) is 51.6 Å². The molecule has 2 aliphatic heterocycles. The van der Waals surface area contributed by atoms with E-state index in [9.17, 15) is 23.7 Å². The van der Waals surface area contributed by atoms with Gasteiger partial charge in [0.05, 0.1) is 23.0 Å². The number of carboxylic acid groups (broad SMARTS) is 1. The number of aromatic nitrogens is 2. The number of aliphatic carboxylic acids is 1. The van der Waals surface area contributed by atoms with Crippen LogP contribution in [0.4, 0.5) is 0 Å². The molecule has 31 heavy (non-hydrogen) atoms. The number of hydrogen-bond donors (Lipinski definition) is 2. The van der Waals surface area contributed by atoms with E-state index in [-0.39, 0.29) is 23.4 Å². The quantitative estimate of drug-likeness (QED) is 0.460. The van der Waals surface area contributed by atoms with Crippen LogP contribution in [0.25, 0.3) is 5.57 Å². The molecule has 3 atom stereocenters. The van der Waals surface area contributed by atoms with Crippen LogP contribution in [0.2, 0.25) is 0 Å². The van der Waals surface area contributed by atoms with Gasteiger partial charge >= 0.3 is 5.97 Å². The average molecular weight is 477 g/mol. The lowest BCUT2D eigenvalue weighted by atomic mass is 9.87. The van der Waals surface area contributed by atoms with E-state index in [1.807, 2.05) is 6.07 Å². The first kappa shape index (κ1) is 21.4. The zero-order valence-corrected chi connectivity index (χ0v) is 18.6. The van der Waals surface area contributed by atoms with Crippen molar-refractivity contribution < 1.29 is 23.7 Å². The maximum atomic E-state index is 13.1. The van der Waals surface area contributed by atoms with E-state index in [2.05, 4.69) is 15.5 Å². The standard InChI is InChI=1S/C19H16N4O5S3/c1-10-21-22-15(30-10)12-8-31(28)18-19(9-29,17(27)23(18)14(12)16(25)26)20-13(24)7-11-5-3-2-4-6-11/h2-6,9,18H,7-8H2,1H3,(H,20,24)(H,25,26)/t18-,19?,31?/m0/s1. The zero-order valence-electron chi connectivity index (χ0n) is 16.1. The summed E-state index contributed by atoms with van der Waals surface area (Å²) in [6.45, 7) is 1.71. The van der Waals surface area contributed by atoms with Gasteiger partial charge in [-0.3, -0.25) is 18.7 Å². The van der Waals surface area contributed by atoms with Crippen LogP contribution >= 0.6 is 23.6 Å². The van der Waals surface area contributed by atoms with Gasteiger partial charge in [0.25, 0.3) is 5.91 Å². The van der Waals surface area contributed by atoms with E-state index >= 15 is 0 Å². The van der Waals surface area contributed by atoms with Crippen molar-refractivity contribution in [2.75, 3.05) is 5.75 Å². The zero-order chi connectivity index (χ0) is 22.3. The molecule has 12 heteroatoms. The fourth-order valence-electron chi connectivity index (χ4n) is 3.65. The summed E-state index contributed by atoms with van der Waals surface area (Å²) in [7, 11) is -1.73. The van der Waals surface area contributed by atoms with Gasteiger partial charge in [0.1, 0.15) is 21.1 Å². The summed E-state index contributed by atoms with van der Waals surface area (Å²) in [6, 6.07) is 8.91. The highest BCUT2D eigenvalue weighted by Crippen LogP contribution is 2.43. The highest BCUT2D eigenvalue weighted by Gasteiger charge is 2.67. The molecule has 9 nitrogen and oxygen atoms in total. The summed E-state index contributed by atoms with van der Waals surface area (Å²) < 4.78 is 13.1. The third-order valence-corrected chi connectivity index (χ3v) is 7.91. The molecular formula is C19H16N4O5S3. The minimum atomic E-state index is -1.73. The number of rotatable bonds is 6. The number of hydrogen-bond acceptors (Lipinski definition) is 8. The van der Waals surface area contributed by atoms with Gasteiger partial charge in [0.2, 0.25) is 5.91 Å². The fraction of sp³-hybridized carbons (Fsp3) is 0.263. The Labute approximate surface area is 188 Å². The Kier molecular flexibility index (Phi) is 5.54. The van der Waals surface area contributed by atoms with Crippen LogP contribution in [0.1, 0.15) is 15.6 Å². The van der Waals surface area contributed by atoms with Crippen molar-refractivity contribution >= 4 is 63.1 Å². The number of fused-ring (bicyclic) bond motifs is 1. The summed E-state index contributed by atoms with van der Waals surface area (Å²) in [5, 5.41) is 21.1. The average Bonchev–Trinajstić information content (AvgIpc) is 3.17. The molecule has 0 bridgehead atoms. The van der Waals surface area contributed by atoms with Crippen LogP contribution in [-0.4, -0.2) is 64.2 Å². The van der Waals surface area contributed by atoms with E-state index in [0.717, 1.165) is 27.2 Å². The van der Waals surface area contributed by atoms with Crippen LogP contribution in [0, 0.1) is 6.92 Å².